The van der Waals surface area contributed by atoms with Gasteiger partial charge < -0.3 is 0 Å². The van der Waals surface area contributed by atoms with Crippen molar-refractivity contribution in [1.82, 2.24) is 0 Å². The Balaban J connectivity index is 1.87. The molecule has 0 amide bonds. The molecular formula is C30H25O3P. The molecular weight excluding hydrogens is 439 g/mol. The van der Waals surface area contributed by atoms with Crippen LogP contribution < -0.4 is 24.2 Å². The van der Waals surface area contributed by atoms with E-state index in [-0.39, 0.29) is 0 Å². The topological polar surface area (TPSA) is 27.7 Å². The molecule has 0 spiro atoms. The van der Waals surface area contributed by atoms with Crippen LogP contribution in [0.25, 0.3) is 0 Å². The van der Waals surface area contributed by atoms with E-state index in [1.165, 1.54) is 0 Å². The standard InChI is InChI=1S/C30H25O3P/c1-6-16-26(17-7-1)31-34(29-22-12-4-13-23-29,30-24-14-5-15-25-30,32-27-18-8-2-9-19-27)33-28-20-10-3-11-21-28/h1-25H. The zero-order chi connectivity index (χ0) is 23.1. The van der Waals surface area contributed by atoms with E-state index >= 15 is 0 Å². The van der Waals surface area contributed by atoms with Gasteiger partial charge in [0.2, 0.25) is 0 Å². The summed E-state index contributed by atoms with van der Waals surface area (Å²) < 4.78 is 21.2. The molecule has 0 saturated carbocycles. The van der Waals surface area contributed by atoms with E-state index in [1.54, 1.807) is 0 Å². The third-order valence-corrected chi connectivity index (χ3v) is 9.45. The van der Waals surface area contributed by atoms with Crippen molar-refractivity contribution in [3.63, 3.8) is 0 Å². The van der Waals surface area contributed by atoms with Gasteiger partial charge in [0.25, 0.3) is 0 Å². The molecule has 34 heavy (non-hydrogen) atoms. The van der Waals surface area contributed by atoms with Gasteiger partial charge in [0.05, 0.1) is 0 Å². The van der Waals surface area contributed by atoms with Crippen molar-refractivity contribution in [1.29, 1.82) is 0 Å². The molecule has 0 aromatic heterocycles. The predicted octanol–water partition coefficient (Wildman–Crippen LogP) is 7.17. The van der Waals surface area contributed by atoms with E-state index in [9.17, 15) is 0 Å². The van der Waals surface area contributed by atoms with Crippen molar-refractivity contribution < 1.29 is 13.6 Å². The van der Waals surface area contributed by atoms with Gasteiger partial charge in [0.15, 0.2) is 0 Å². The molecule has 0 bridgehead atoms. The van der Waals surface area contributed by atoms with E-state index in [0.29, 0.717) is 17.2 Å². The van der Waals surface area contributed by atoms with Crippen LogP contribution in [0.5, 0.6) is 17.2 Å². The van der Waals surface area contributed by atoms with Gasteiger partial charge in [-0.05, 0) is 0 Å². The van der Waals surface area contributed by atoms with Gasteiger partial charge in [0, 0.05) is 0 Å². The maximum absolute atomic E-state index is 7.06. The Kier molecular flexibility index (Phi) is 6.03. The monoisotopic (exact) mass is 464 g/mol. The van der Waals surface area contributed by atoms with E-state index in [0.717, 1.165) is 10.6 Å². The Bertz CT molecular complexity index is 1160. The molecule has 0 aliphatic rings. The Morgan fingerprint density at radius 2 is 0.529 bits per heavy atom. The Morgan fingerprint density at radius 1 is 0.294 bits per heavy atom. The molecule has 5 aromatic rings. The van der Waals surface area contributed by atoms with Crippen LogP contribution in [-0.4, -0.2) is 0 Å². The quantitative estimate of drug-likeness (QED) is 0.228. The molecule has 5 rings (SSSR count). The summed E-state index contributed by atoms with van der Waals surface area (Å²) in [5.74, 6) is 1.96. The van der Waals surface area contributed by atoms with Crippen LogP contribution >= 0.6 is 7.28 Å². The van der Waals surface area contributed by atoms with Crippen molar-refractivity contribution in [3.8, 4) is 17.2 Å². The molecule has 5 aromatic carbocycles. The van der Waals surface area contributed by atoms with E-state index < -0.39 is 7.28 Å². The summed E-state index contributed by atoms with van der Waals surface area (Å²) in [7, 11) is -4.35. The molecule has 4 heteroatoms. The number of rotatable bonds is 8. The molecule has 0 aliphatic heterocycles. The first-order valence-electron chi connectivity index (χ1n) is 11.2. The Hall–Kier alpha value is -4.07. The second-order valence-corrected chi connectivity index (χ2v) is 11.1. The van der Waals surface area contributed by atoms with E-state index in [4.69, 9.17) is 13.6 Å². The minimum atomic E-state index is -4.35. The van der Waals surface area contributed by atoms with E-state index in [1.807, 2.05) is 152 Å². The van der Waals surface area contributed by atoms with Crippen LogP contribution in [0.15, 0.2) is 152 Å². The van der Waals surface area contributed by atoms with Gasteiger partial charge in [-0.2, -0.15) is 0 Å². The molecule has 0 N–H and O–H groups in total. The van der Waals surface area contributed by atoms with Gasteiger partial charge in [0.1, 0.15) is 0 Å². The average molecular weight is 465 g/mol. The molecule has 168 valence electrons. The summed E-state index contributed by atoms with van der Waals surface area (Å²) in [6, 6.07) is 49.1. The number of hydrogen-bond acceptors (Lipinski definition) is 3. The molecule has 0 unspecified atom stereocenters. The first-order chi connectivity index (χ1) is 16.8. The summed E-state index contributed by atoms with van der Waals surface area (Å²) in [6.07, 6.45) is 0. The summed E-state index contributed by atoms with van der Waals surface area (Å²) in [6.45, 7) is 0. The summed E-state index contributed by atoms with van der Waals surface area (Å²) in [5.41, 5.74) is 0. The van der Waals surface area contributed by atoms with Crippen LogP contribution in [0, 0.1) is 0 Å². The van der Waals surface area contributed by atoms with Crippen molar-refractivity contribution in [2.24, 2.45) is 0 Å². The maximum atomic E-state index is 7.06. The molecule has 3 nitrogen and oxygen atoms in total. The van der Waals surface area contributed by atoms with Crippen molar-refractivity contribution in [2.75, 3.05) is 0 Å². The molecule has 0 aliphatic carbocycles. The molecule has 0 atom stereocenters. The average Bonchev–Trinajstić information content (AvgIpc) is 2.91. The Morgan fingerprint density at radius 3 is 0.794 bits per heavy atom. The van der Waals surface area contributed by atoms with Crippen LogP contribution in [0.3, 0.4) is 0 Å². The third-order valence-electron chi connectivity index (χ3n) is 5.45. The second kappa shape index (κ2) is 9.43. The summed E-state index contributed by atoms with van der Waals surface area (Å²) >= 11 is 0. The van der Waals surface area contributed by atoms with Crippen LogP contribution in [0.4, 0.5) is 0 Å². The SMILES string of the molecule is c1ccc(OP(Oc2ccccc2)(Oc2ccccc2)(c2ccccc2)c2ccccc2)cc1. The van der Waals surface area contributed by atoms with E-state index in [2.05, 4.69) is 0 Å². The normalized spacial score (nSPS) is 12.2. The molecule has 0 fully saturated rings. The minimum absolute atomic E-state index is 0.653. The van der Waals surface area contributed by atoms with Crippen molar-refractivity contribution >= 4 is 17.9 Å². The van der Waals surface area contributed by atoms with Crippen LogP contribution in [0.1, 0.15) is 0 Å². The predicted molar refractivity (Wildman–Crippen MR) is 140 cm³/mol. The third kappa shape index (κ3) is 4.14. The number of hydrogen-bond donors (Lipinski definition) is 0. The van der Waals surface area contributed by atoms with Crippen molar-refractivity contribution in [2.45, 2.75) is 0 Å². The van der Waals surface area contributed by atoms with Crippen molar-refractivity contribution in [3.05, 3.63) is 152 Å². The molecule has 0 heterocycles. The van der Waals surface area contributed by atoms with Gasteiger partial charge in [-0.3, -0.25) is 0 Å². The van der Waals surface area contributed by atoms with Gasteiger partial charge >= 0.3 is 200 Å². The molecule has 0 radical (unpaired) electrons. The molecule has 0 saturated heterocycles. The van der Waals surface area contributed by atoms with Gasteiger partial charge in [-0.1, -0.05) is 0 Å². The first-order valence-corrected chi connectivity index (χ1v) is 13.2. The fraction of sp³-hybridized carbons (Fsp3) is 0. The van der Waals surface area contributed by atoms with Crippen LogP contribution in [-0.2, 0) is 0 Å². The fourth-order valence-electron chi connectivity index (χ4n) is 3.91. The summed E-state index contributed by atoms with van der Waals surface area (Å²) in [4.78, 5) is 0. The first kappa shape index (κ1) is 21.8. The number of para-hydroxylation sites is 3. The zero-order valence-corrected chi connectivity index (χ0v) is 19.5. The second-order valence-electron chi connectivity index (χ2n) is 7.77. The van der Waals surface area contributed by atoms with Gasteiger partial charge in [-0.25, -0.2) is 0 Å². The number of benzene rings is 5. The Labute approximate surface area is 200 Å². The fourth-order valence-corrected chi connectivity index (χ4v) is 7.84. The summed E-state index contributed by atoms with van der Waals surface area (Å²) in [5, 5.41) is 1.63. The zero-order valence-electron chi connectivity index (χ0n) is 18.6. The van der Waals surface area contributed by atoms with Crippen LogP contribution in [0.2, 0.25) is 0 Å². The van der Waals surface area contributed by atoms with Gasteiger partial charge in [-0.15, -0.1) is 0 Å².